The van der Waals surface area contributed by atoms with Gasteiger partial charge in [-0.2, -0.15) is 0 Å². The molecule has 1 saturated heterocycles. The normalized spacial score (nSPS) is 19.2. The number of halogens is 1. The second-order valence-electron chi connectivity index (χ2n) is 12.5. The Balaban J connectivity index is 0.000000320. The van der Waals surface area contributed by atoms with Gasteiger partial charge in [-0.1, -0.05) is 45.4 Å². The van der Waals surface area contributed by atoms with Gasteiger partial charge in [-0.25, -0.2) is 4.39 Å². The average Bonchev–Trinajstić information content (AvgIpc) is 3.68. The fourth-order valence-corrected chi connectivity index (χ4v) is 6.13. The van der Waals surface area contributed by atoms with Crippen LogP contribution in [0, 0.1) is 17.8 Å². The lowest BCUT2D eigenvalue weighted by Crippen LogP contribution is -2.30. The summed E-state index contributed by atoms with van der Waals surface area (Å²) in [5, 5.41) is 3.31. The molecular formula is C37H62FN3O6. The third-order valence-corrected chi connectivity index (χ3v) is 9.17. The number of likely N-dealkylation sites (tertiary alicyclic amines) is 1. The molecule has 0 spiro atoms. The zero-order valence-electron chi connectivity index (χ0n) is 29.6. The van der Waals surface area contributed by atoms with Gasteiger partial charge < -0.3 is 34.6 Å². The van der Waals surface area contributed by atoms with Gasteiger partial charge in [0.15, 0.2) is 12.0 Å². The van der Waals surface area contributed by atoms with Crippen LogP contribution in [-0.2, 0) is 19.1 Å². The summed E-state index contributed by atoms with van der Waals surface area (Å²) in [4.78, 5) is 33.5. The number of carbonyl (C=O) groups excluding carboxylic acids is 3. The standard InChI is InChI=1S/C12H23N.C10H7NO3.C9H18FNO.C6H14O2/c1-10-12(8-9-13(10)2)11-6-4-3-5-7-11;12-5-9-4-7-3-8(11-6-13)1-2-10(7)14-9;1-2-8(7-12)4-3-5-9(11)6-10;1-3-8-6-4-5-7-2/h10-12H,3-9H2,1-2H3;1-6H,(H,11,13);7-9H,2-6,11H2,1H3;3-6H2,1-2H3. The Morgan fingerprint density at radius 1 is 1.06 bits per heavy atom. The number of methoxy groups -OCH3 is 1. The third kappa shape index (κ3) is 17.3. The Kier molecular flexibility index (Phi) is 23.7. The number of ether oxygens (including phenoxy) is 2. The summed E-state index contributed by atoms with van der Waals surface area (Å²) in [5.41, 5.74) is 6.68. The largest absolute Gasteiger partial charge is 0.453 e. The van der Waals surface area contributed by atoms with Crippen LogP contribution in [0.15, 0.2) is 28.7 Å². The molecule has 268 valence electrons. The van der Waals surface area contributed by atoms with Crippen LogP contribution >= 0.6 is 0 Å². The second-order valence-corrected chi connectivity index (χ2v) is 12.5. The zero-order chi connectivity index (χ0) is 34.9. The van der Waals surface area contributed by atoms with Crippen LogP contribution < -0.4 is 11.1 Å². The Morgan fingerprint density at radius 2 is 1.81 bits per heavy atom. The van der Waals surface area contributed by atoms with E-state index in [1.165, 1.54) is 45.1 Å². The number of nitrogens with zero attached hydrogens (tertiary/aromatic N) is 1. The molecule has 3 N–H and O–H groups in total. The van der Waals surface area contributed by atoms with Crippen LogP contribution in [0.4, 0.5) is 10.1 Å². The van der Waals surface area contributed by atoms with E-state index in [1.54, 1.807) is 31.4 Å². The second kappa shape index (κ2) is 26.3. The number of nitrogens with one attached hydrogen (secondary N) is 1. The number of hydrogen-bond acceptors (Lipinski definition) is 8. The molecule has 2 aliphatic rings. The van der Waals surface area contributed by atoms with Crippen molar-refractivity contribution in [3.63, 3.8) is 0 Å². The molecule has 4 rings (SSSR count). The number of carbonyl (C=O) groups is 3. The summed E-state index contributed by atoms with van der Waals surface area (Å²) in [6.45, 7) is 9.71. The van der Waals surface area contributed by atoms with Gasteiger partial charge in [-0.05, 0) is 95.6 Å². The predicted molar refractivity (Wildman–Crippen MR) is 189 cm³/mol. The summed E-state index contributed by atoms with van der Waals surface area (Å²) in [6.07, 6.45) is 15.4. The summed E-state index contributed by atoms with van der Waals surface area (Å²) in [6, 6.07) is 7.28. The van der Waals surface area contributed by atoms with Crippen molar-refractivity contribution in [2.45, 2.75) is 103 Å². The Bertz CT molecular complexity index is 1090. The van der Waals surface area contributed by atoms with Gasteiger partial charge in [0.25, 0.3) is 0 Å². The van der Waals surface area contributed by atoms with Crippen LogP contribution in [0.25, 0.3) is 11.0 Å². The number of aldehydes is 2. The van der Waals surface area contributed by atoms with E-state index >= 15 is 0 Å². The number of alkyl halides is 1. The van der Waals surface area contributed by atoms with Gasteiger partial charge >= 0.3 is 0 Å². The number of hydrogen-bond donors (Lipinski definition) is 2. The predicted octanol–water partition coefficient (Wildman–Crippen LogP) is 7.46. The quantitative estimate of drug-likeness (QED) is 0.140. The van der Waals surface area contributed by atoms with Gasteiger partial charge in [-0.15, -0.1) is 0 Å². The molecule has 1 aliphatic carbocycles. The SMILES string of the molecule is CC1C(C2CCCCC2)CCN1C.CCC(C=O)CCCC(N)CF.CCOCCCOC.O=CNc1ccc2oc(C=O)cc2c1. The van der Waals surface area contributed by atoms with Crippen molar-refractivity contribution < 1.29 is 32.7 Å². The molecule has 4 unspecified atom stereocenters. The highest BCUT2D eigenvalue weighted by atomic mass is 19.1. The summed E-state index contributed by atoms with van der Waals surface area (Å²) < 4.78 is 26.9. The van der Waals surface area contributed by atoms with Crippen molar-refractivity contribution >= 4 is 35.6 Å². The highest BCUT2D eigenvalue weighted by Gasteiger charge is 2.34. The fraction of sp³-hybridized carbons (Fsp3) is 0.703. The average molecular weight is 664 g/mol. The van der Waals surface area contributed by atoms with Gasteiger partial charge in [0.1, 0.15) is 18.5 Å². The van der Waals surface area contributed by atoms with Gasteiger partial charge in [-0.3, -0.25) is 9.59 Å². The number of rotatable bonds is 16. The number of nitrogens with two attached hydrogens (primary N) is 1. The molecule has 1 amide bonds. The van der Waals surface area contributed by atoms with Gasteiger partial charge in [0.05, 0.1) is 0 Å². The van der Waals surface area contributed by atoms with E-state index in [9.17, 15) is 18.8 Å². The van der Waals surface area contributed by atoms with Crippen LogP contribution in [0.2, 0.25) is 0 Å². The monoisotopic (exact) mass is 663 g/mol. The molecule has 1 aromatic heterocycles. The summed E-state index contributed by atoms with van der Waals surface area (Å²) >= 11 is 0. The first-order valence-corrected chi connectivity index (χ1v) is 17.5. The van der Waals surface area contributed by atoms with Crippen molar-refractivity contribution in [2.75, 3.05) is 52.5 Å². The minimum atomic E-state index is -0.460. The fourth-order valence-electron chi connectivity index (χ4n) is 6.13. The number of amides is 1. The molecule has 1 aliphatic heterocycles. The van der Waals surface area contributed by atoms with E-state index in [4.69, 9.17) is 19.6 Å². The van der Waals surface area contributed by atoms with Gasteiger partial charge in [0, 0.05) is 56.0 Å². The van der Waals surface area contributed by atoms with Crippen molar-refractivity contribution in [3.05, 3.63) is 30.0 Å². The smallest absolute Gasteiger partial charge is 0.211 e. The number of anilines is 1. The molecule has 0 radical (unpaired) electrons. The molecule has 10 heteroatoms. The lowest BCUT2D eigenvalue weighted by Gasteiger charge is -2.31. The summed E-state index contributed by atoms with van der Waals surface area (Å²) in [7, 11) is 3.99. The maximum Gasteiger partial charge on any atom is 0.211 e. The molecule has 9 nitrogen and oxygen atoms in total. The van der Waals surface area contributed by atoms with E-state index in [-0.39, 0.29) is 17.7 Å². The molecule has 2 aromatic rings. The maximum atomic E-state index is 11.9. The van der Waals surface area contributed by atoms with Gasteiger partial charge in [0.2, 0.25) is 6.41 Å². The first-order valence-electron chi connectivity index (χ1n) is 17.5. The Hall–Kier alpha value is -2.66. The van der Waals surface area contributed by atoms with Crippen LogP contribution in [0.5, 0.6) is 0 Å². The molecule has 2 heterocycles. The highest BCUT2D eigenvalue weighted by Crippen LogP contribution is 2.37. The lowest BCUT2D eigenvalue weighted by molar-refractivity contribution is -0.111. The molecule has 4 atom stereocenters. The molecule has 1 saturated carbocycles. The first kappa shape index (κ1) is 42.4. The van der Waals surface area contributed by atoms with E-state index in [0.717, 1.165) is 75.1 Å². The minimum Gasteiger partial charge on any atom is -0.453 e. The number of benzene rings is 1. The minimum absolute atomic E-state index is 0.136. The topological polar surface area (TPSA) is 124 Å². The van der Waals surface area contributed by atoms with E-state index in [2.05, 4.69) is 24.2 Å². The molecule has 0 bridgehead atoms. The maximum absolute atomic E-state index is 11.9. The van der Waals surface area contributed by atoms with Crippen molar-refractivity contribution in [1.29, 1.82) is 0 Å². The number of furan rings is 1. The van der Waals surface area contributed by atoms with E-state index in [1.807, 2.05) is 13.8 Å². The molecule has 2 fully saturated rings. The van der Waals surface area contributed by atoms with Crippen LogP contribution in [0.3, 0.4) is 0 Å². The zero-order valence-corrected chi connectivity index (χ0v) is 29.6. The lowest BCUT2D eigenvalue weighted by atomic mass is 9.77. The molecular weight excluding hydrogens is 601 g/mol. The van der Waals surface area contributed by atoms with Crippen LogP contribution in [-0.4, -0.2) is 83.2 Å². The van der Waals surface area contributed by atoms with Crippen molar-refractivity contribution in [3.8, 4) is 0 Å². The van der Waals surface area contributed by atoms with Crippen molar-refractivity contribution in [2.24, 2.45) is 23.5 Å². The highest BCUT2D eigenvalue weighted by molar-refractivity contribution is 5.88. The Labute approximate surface area is 282 Å². The first-order chi connectivity index (χ1) is 22.8. The third-order valence-electron chi connectivity index (χ3n) is 9.17. The Morgan fingerprint density at radius 3 is 2.36 bits per heavy atom. The van der Waals surface area contributed by atoms with E-state index < -0.39 is 6.67 Å². The van der Waals surface area contributed by atoms with Crippen LogP contribution in [0.1, 0.15) is 102 Å². The number of fused-ring (bicyclic) bond motifs is 1. The molecule has 1 aromatic carbocycles. The summed E-state index contributed by atoms with van der Waals surface area (Å²) in [5.74, 6) is 2.50. The van der Waals surface area contributed by atoms with E-state index in [0.29, 0.717) is 30.4 Å². The molecule has 47 heavy (non-hydrogen) atoms. The van der Waals surface area contributed by atoms with Crippen molar-refractivity contribution in [1.82, 2.24) is 4.90 Å².